The van der Waals surface area contributed by atoms with Crippen molar-refractivity contribution in [2.24, 2.45) is 0 Å². The average molecular weight is 630 g/mol. The predicted octanol–water partition coefficient (Wildman–Crippen LogP) is 11.7. The number of nitrogens with zero attached hydrogens (tertiary/aromatic N) is 3. The van der Waals surface area contributed by atoms with E-state index >= 15 is 0 Å². The Morgan fingerprint density at radius 1 is 0.306 bits per heavy atom. The average Bonchev–Trinajstić information content (AvgIpc) is 3.87. The number of fused-ring (bicyclic) bond motifs is 13. The molecule has 7 aromatic carbocycles. The maximum atomic E-state index is 6.95. The van der Waals surface area contributed by atoms with Crippen molar-refractivity contribution in [1.29, 1.82) is 0 Å². The van der Waals surface area contributed by atoms with Crippen LogP contribution >= 0.6 is 0 Å². The van der Waals surface area contributed by atoms with Gasteiger partial charge in [-0.2, -0.15) is 0 Å². The number of hydrogen-bond acceptors (Lipinski definition) is 6. The molecule has 0 saturated heterocycles. The smallest absolute Gasteiger partial charge is 0.167 e. The third-order valence-electron chi connectivity index (χ3n) is 9.53. The normalized spacial score (nSPS) is 12.1. The molecule has 0 atom stereocenters. The number of hydrogen-bond donors (Lipinski definition) is 0. The summed E-state index contributed by atoms with van der Waals surface area (Å²) in [5.74, 6) is 1.60. The van der Waals surface area contributed by atoms with Gasteiger partial charge in [0.1, 0.15) is 33.5 Å². The topological polar surface area (TPSA) is 78.1 Å². The lowest BCUT2D eigenvalue weighted by molar-refractivity contribution is 0.665. The summed E-state index contributed by atoms with van der Waals surface area (Å²) in [4.78, 5) is 15.2. The summed E-state index contributed by atoms with van der Waals surface area (Å²) in [6.07, 6.45) is 0. The van der Waals surface area contributed by atoms with Gasteiger partial charge in [0.05, 0.1) is 16.5 Å². The molecule has 0 N–H and O–H groups in total. The molecule has 0 radical (unpaired) electrons. The summed E-state index contributed by atoms with van der Waals surface area (Å²) in [6.45, 7) is 0. The first kappa shape index (κ1) is 26.3. The number of furan rings is 3. The Balaban J connectivity index is 1.24. The minimum Gasteiger partial charge on any atom is -0.455 e. The Bertz CT molecular complexity index is 3120. The van der Waals surface area contributed by atoms with Gasteiger partial charge in [0.15, 0.2) is 17.5 Å². The third kappa shape index (κ3) is 3.74. The Hall–Kier alpha value is -6.79. The van der Waals surface area contributed by atoms with Crippen molar-refractivity contribution in [3.8, 4) is 34.2 Å². The number of benzene rings is 7. The summed E-state index contributed by atoms with van der Waals surface area (Å²) in [5, 5.41) is 8.17. The molecule has 0 aliphatic carbocycles. The number of rotatable bonds is 3. The van der Waals surface area contributed by atoms with Gasteiger partial charge in [-0.25, -0.2) is 15.0 Å². The highest BCUT2D eigenvalue weighted by molar-refractivity contribution is 6.34. The second-order valence-corrected chi connectivity index (χ2v) is 12.3. The van der Waals surface area contributed by atoms with E-state index in [1.807, 2.05) is 91.0 Å². The van der Waals surface area contributed by atoms with Crippen LogP contribution in [0.1, 0.15) is 0 Å². The van der Waals surface area contributed by atoms with Gasteiger partial charge in [-0.15, -0.1) is 0 Å². The van der Waals surface area contributed by atoms with E-state index in [0.29, 0.717) is 23.1 Å². The Kier molecular flexibility index (Phi) is 5.29. The summed E-state index contributed by atoms with van der Waals surface area (Å²) >= 11 is 0. The SMILES string of the molecule is c1ccc(-c2nc(-c3cccc4c3oc3ccccc34)nc(-c3cccc4c3oc3c4c4ccccc4c4oc5ccccc5c43)n2)cc1. The van der Waals surface area contributed by atoms with Crippen LogP contribution in [0.25, 0.3) is 111 Å². The van der Waals surface area contributed by atoms with Gasteiger partial charge in [-0.05, 0) is 29.7 Å². The van der Waals surface area contributed by atoms with Crippen LogP contribution in [0.5, 0.6) is 0 Å². The highest BCUT2D eigenvalue weighted by Crippen LogP contribution is 2.46. The van der Waals surface area contributed by atoms with E-state index in [4.69, 9.17) is 28.2 Å². The molecule has 11 aromatic rings. The van der Waals surface area contributed by atoms with E-state index in [2.05, 4.69) is 48.5 Å². The molecule has 0 aliphatic heterocycles. The van der Waals surface area contributed by atoms with E-state index in [1.165, 1.54) is 0 Å². The van der Waals surface area contributed by atoms with Crippen LogP contribution in [-0.4, -0.2) is 15.0 Å². The summed E-state index contributed by atoms with van der Waals surface area (Å²) in [5.41, 5.74) is 7.15. The molecule has 6 nitrogen and oxygen atoms in total. The van der Waals surface area contributed by atoms with Crippen LogP contribution in [0.2, 0.25) is 0 Å². The first-order valence-electron chi connectivity index (χ1n) is 16.2. The van der Waals surface area contributed by atoms with E-state index < -0.39 is 0 Å². The van der Waals surface area contributed by atoms with Crippen LogP contribution in [0.15, 0.2) is 153 Å². The molecular weight excluding hydrogens is 606 g/mol. The van der Waals surface area contributed by atoms with E-state index in [9.17, 15) is 0 Å². The third-order valence-corrected chi connectivity index (χ3v) is 9.53. The molecule has 0 unspecified atom stereocenters. The fourth-order valence-electron chi connectivity index (χ4n) is 7.35. The van der Waals surface area contributed by atoms with Crippen molar-refractivity contribution in [3.63, 3.8) is 0 Å². The monoisotopic (exact) mass is 629 g/mol. The molecule has 0 saturated carbocycles. The molecule has 0 fully saturated rings. The van der Waals surface area contributed by atoms with Crippen molar-refractivity contribution in [1.82, 2.24) is 15.0 Å². The molecule has 49 heavy (non-hydrogen) atoms. The lowest BCUT2D eigenvalue weighted by atomic mass is 9.99. The van der Waals surface area contributed by atoms with Crippen LogP contribution in [0, 0.1) is 0 Å². The van der Waals surface area contributed by atoms with E-state index in [0.717, 1.165) is 87.7 Å². The molecule has 4 heterocycles. The summed E-state index contributed by atoms with van der Waals surface area (Å²) < 4.78 is 19.8. The quantitative estimate of drug-likeness (QED) is 0.193. The maximum absolute atomic E-state index is 6.95. The fourth-order valence-corrected chi connectivity index (χ4v) is 7.35. The van der Waals surface area contributed by atoms with Crippen LogP contribution in [0.4, 0.5) is 0 Å². The Labute approximate surface area is 277 Å². The molecule has 0 spiro atoms. The largest absolute Gasteiger partial charge is 0.455 e. The van der Waals surface area contributed by atoms with Crippen molar-refractivity contribution in [2.75, 3.05) is 0 Å². The second kappa shape index (κ2) is 9.86. The van der Waals surface area contributed by atoms with Crippen molar-refractivity contribution < 1.29 is 13.3 Å². The lowest BCUT2D eigenvalue weighted by Gasteiger charge is -2.09. The van der Waals surface area contributed by atoms with Crippen molar-refractivity contribution in [3.05, 3.63) is 140 Å². The predicted molar refractivity (Wildman–Crippen MR) is 195 cm³/mol. The van der Waals surface area contributed by atoms with Gasteiger partial charge >= 0.3 is 0 Å². The fraction of sp³-hybridized carbons (Fsp3) is 0. The molecule has 0 aliphatic rings. The number of para-hydroxylation sites is 4. The van der Waals surface area contributed by atoms with Crippen molar-refractivity contribution >= 4 is 76.6 Å². The highest BCUT2D eigenvalue weighted by Gasteiger charge is 2.24. The van der Waals surface area contributed by atoms with Gasteiger partial charge in [0.25, 0.3) is 0 Å². The van der Waals surface area contributed by atoms with Gasteiger partial charge in [-0.1, -0.05) is 115 Å². The molecular formula is C43H23N3O3. The zero-order valence-electron chi connectivity index (χ0n) is 25.8. The molecule has 228 valence electrons. The Morgan fingerprint density at radius 2 is 0.816 bits per heavy atom. The summed E-state index contributed by atoms with van der Waals surface area (Å²) in [6, 6.07) is 46.8. The van der Waals surface area contributed by atoms with Gasteiger partial charge in [0.2, 0.25) is 0 Å². The van der Waals surface area contributed by atoms with Gasteiger partial charge in [-0.3, -0.25) is 0 Å². The van der Waals surface area contributed by atoms with Gasteiger partial charge in [0, 0.05) is 37.9 Å². The van der Waals surface area contributed by atoms with Crippen molar-refractivity contribution in [2.45, 2.75) is 0 Å². The second-order valence-electron chi connectivity index (χ2n) is 12.3. The zero-order chi connectivity index (χ0) is 32.1. The first-order chi connectivity index (χ1) is 24.3. The van der Waals surface area contributed by atoms with Crippen LogP contribution in [0.3, 0.4) is 0 Å². The van der Waals surface area contributed by atoms with Crippen LogP contribution < -0.4 is 0 Å². The molecule has 0 bridgehead atoms. The molecule has 11 rings (SSSR count). The lowest BCUT2D eigenvalue weighted by Crippen LogP contribution is -2.00. The van der Waals surface area contributed by atoms with Crippen LogP contribution in [-0.2, 0) is 0 Å². The van der Waals surface area contributed by atoms with E-state index in [1.54, 1.807) is 0 Å². The minimum atomic E-state index is 0.513. The Morgan fingerprint density at radius 3 is 1.57 bits per heavy atom. The standard InChI is InChI=1S/C43H23N3O3/c1-2-12-24(13-3-1)41-44-42(31-20-10-18-27-25-14-6-8-22-33(25)47-37(27)31)46-43(45-41)32-21-11-19-30-35-26-15-4-5-16-28(26)39-36(40(35)49-38(30)32)29-17-7-9-23-34(29)48-39/h1-23H. The zero-order valence-corrected chi connectivity index (χ0v) is 25.8. The minimum absolute atomic E-state index is 0.513. The molecule has 4 aromatic heterocycles. The molecule has 6 heteroatoms. The molecule has 0 amide bonds. The highest BCUT2D eigenvalue weighted by atomic mass is 16.3. The maximum Gasteiger partial charge on any atom is 0.167 e. The number of aromatic nitrogens is 3. The van der Waals surface area contributed by atoms with E-state index in [-0.39, 0.29) is 0 Å². The first-order valence-corrected chi connectivity index (χ1v) is 16.2. The van der Waals surface area contributed by atoms with Gasteiger partial charge < -0.3 is 13.3 Å². The summed E-state index contributed by atoms with van der Waals surface area (Å²) in [7, 11) is 0.